The molecule has 5 aromatic rings. The zero-order valence-electron chi connectivity index (χ0n) is 20.8. The third-order valence-electron chi connectivity index (χ3n) is 6.51. The van der Waals surface area contributed by atoms with Crippen molar-refractivity contribution >= 4 is 28.6 Å². The molecule has 0 saturated heterocycles. The Morgan fingerprint density at radius 2 is 1.69 bits per heavy atom. The number of amides is 1. The number of phenolic OH excluding ortho intramolecular Hbond substituents is 1. The van der Waals surface area contributed by atoms with Gasteiger partial charge in [-0.05, 0) is 47.0 Å². The van der Waals surface area contributed by atoms with Gasteiger partial charge >= 0.3 is 5.97 Å². The number of rotatable bonds is 8. The van der Waals surface area contributed by atoms with Gasteiger partial charge in [-0.25, -0.2) is 9.78 Å². The molecule has 0 saturated carbocycles. The Hall–Kier alpha value is -5.15. The highest BCUT2D eigenvalue weighted by molar-refractivity contribution is 5.98. The molecule has 1 amide bonds. The number of nitrogens with two attached hydrogens (primary N) is 1. The Bertz CT molecular complexity index is 1680. The number of hydrogen-bond acceptors (Lipinski definition) is 6. The molecule has 0 spiro atoms. The van der Waals surface area contributed by atoms with Gasteiger partial charge in [0.25, 0.3) is 0 Å². The van der Waals surface area contributed by atoms with Gasteiger partial charge in [0, 0.05) is 35.7 Å². The number of carbonyl (C=O) groups excluding carboxylic acids is 1. The summed E-state index contributed by atoms with van der Waals surface area (Å²) in [7, 11) is 0. The van der Waals surface area contributed by atoms with Crippen LogP contribution in [0.5, 0.6) is 5.75 Å². The molecule has 0 radical (unpaired) electrons. The molecule has 5 rings (SSSR count). The molecule has 0 fully saturated rings. The number of phenols is 1. The first kappa shape index (κ1) is 25.5. The van der Waals surface area contributed by atoms with Crippen LogP contribution < -0.4 is 11.1 Å². The van der Waals surface area contributed by atoms with E-state index in [-0.39, 0.29) is 24.3 Å². The fraction of sp³-hybridized carbons (Fsp3) is 0.100. The van der Waals surface area contributed by atoms with Gasteiger partial charge < -0.3 is 31.4 Å². The van der Waals surface area contributed by atoms with Crippen molar-refractivity contribution in [1.29, 1.82) is 0 Å². The molecule has 7 N–H and O–H groups in total. The van der Waals surface area contributed by atoms with E-state index in [9.17, 15) is 24.9 Å². The molecule has 9 heteroatoms. The zero-order chi connectivity index (χ0) is 27.5. The summed E-state index contributed by atoms with van der Waals surface area (Å²) in [5, 5.41) is 34.7. The number of nitrogens with one attached hydrogen (secondary N) is 2. The first-order valence-electron chi connectivity index (χ1n) is 12.2. The minimum atomic E-state index is -1.20. The number of H-pyrrole nitrogens is 1. The Kier molecular flexibility index (Phi) is 6.98. The van der Waals surface area contributed by atoms with Gasteiger partial charge in [-0.3, -0.25) is 4.79 Å². The number of aromatic amines is 1. The summed E-state index contributed by atoms with van der Waals surface area (Å²) in [4.78, 5) is 31.7. The number of carbonyl (C=O) groups is 2. The van der Waals surface area contributed by atoms with E-state index in [1.807, 2.05) is 30.3 Å². The normalized spacial score (nSPS) is 11.8. The summed E-state index contributed by atoms with van der Waals surface area (Å²) in [5.74, 6) is -1.45. The number of aromatic nitrogens is 2. The van der Waals surface area contributed by atoms with Crippen LogP contribution in [-0.2, 0) is 17.8 Å². The monoisotopic (exact) mass is 522 g/mol. The Morgan fingerprint density at radius 3 is 2.44 bits per heavy atom. The van der Waals surface area contributed by atoms with Gasteiger partial charge in [0.15, 0.2) is 0 Å². The van der Waals surface area contributed by atoms with Crippen LogP contribution in [0.25, 0.3) is 33.3 Å². The van der Waals surface area contributed by atoms with Crippen LogP contribution in [-0.4, -0.2) is 43.3 Å². The van der Waals surface area contributed by atoms with Crippen molar-refractivity contribution in [2.45, 2.75) is 19.1 Å². The molecular formula is C30H26N4O5. The van der Waals surface area contributed by atoms with E-state index in [1.54, 1.807) is 42.6 Å². The fourth-order valence-electron chi connectivity index (χ4n) is 4.49. The fourth-order valence-corrected chi connectivity index (χ4v) is 4.49. The maximum absolute atomic E-state index is 12.5. The van der Waals surface area contributed by atoms with E-state index in [4.69, 9.17) is 5.73 Å². The summed E-state index contributed by atoms with van der Waals surface area (Å²) in [6.07, 6.45) is 0.554. The third kappa shape index (κ3) is 5.43. The molecule has 0 unspecified atom stereocenters. The second-order valence-electron chi connectivity index (χ2n) is 9.19. The highest BCUT2D eigenvalue weighted by Crippen LogP contribution is 2.40. The van der Waals surface area contributed by atoms with E-state index in [1.165, 1.54) is 12.1 Å². The molecule has 0 bridgehead atoms. The van der Waals surface area contributed by atoms with Gasteiger partial charge in [-0.1, -0.05) is 48.5 Å². The maximum atomic E-state index is 12.5. The third-order valence-corrected chi connectivity index (χ3v) is 6.51. The first-order chi connectivity index (χ1) is 18.8. The number of benzene rings is 3. The number of aromatic carboxylic acids is 1. The van der Waals surface area contributed by atoms with Crippen LogP contribution in [0, 0.1) is 0 Å². The minimum Gasteiger partial charge on any atom is -0.507 e. The Labute approximate surface area is 223 Å². The SMILES string of the molecule is Nc1nccc2[nH]c(-c3cc(C(=O)O)cc(-c4cccc(CNC(=O)[C@@H](O)Cc5ccccc5)c4)c3O)cc12. The largest absolute Gasteiger partial charge is 0.507 e. The van der Waals surface area contributed by atoms with Gasteiger partial charge in [0.05, 0.1) is 16.8 Å². The van der Waals surface area contributed by atoms with Gasteiger partial charge in [0.2, 0.25) is 5.91 Å². The molecule has 3 aromatic carbocycles. The van der Waals surface area contributed by atoms with E-state index >= 15 is 0 Å². The number of anilines is 1. The summed E-state index contributed by atoms with van der Waals surface area (Å²) in [5.41, 5.74) is 9.88. The molecule has 2 aromatic heterocycles. The van der Waals surface area contributed by atoms with Gasteiger partial charge in [-0.15, -0.1) is 0 Å². The molecule has 9 nitrogen and oxygen atoms in total. The number of aliphatic hydroxyl groups is 1. The van der Waals surface area contributed by atoms with Crippen molar-refractivity contribution in [2.75, 3.05) is 5.73 Å². The molecular weight excluding hydrogens is 496 g/mol. The molecule has 0 aliphatic rings. The van der Waals surface area contributed by atoms with Crippen molar-refractivity contribution in [3.63, 3.8) is 0 Å². The predicted octanol–water partition coefficient (Wildman–Crippen LogP) is 4.10. The lowest BCUT2D eigenvalue weighted by Crippen LogP contribution is -2.35. The number of carboxylic acid groups (broad SMARTS) is 1. The van der Waals surface area contributed by atoms with E-state index in [0.29, 0.717) is 44.7 Å². The van der Waals surface area contributed by atoms with Crippen molar-refractivity contribution in [1.82, 2.24) is 15.3 Å². The lowest BCUT2D eigenvalue weighted by Gasteiger charge is -2.14. The number of aliphatic hydroxyl groups excluding tert-OH is 1. The molecule has 1 atom stereocenters. The molecule has 39 heavy (non-hydrogen) atoms. The lowest BCUT2D eigenvalue weighted by atomic mass is 9.95. The summed E-state index contributed by atoms with van der Waals surface area (Å²) < 4.78 is 0. The minimum absolute atomic E-state index is 0.00899. The number of carboxylic acids is 1. The van der Waals surface area contributed by atoms with Gasteiger partial charge in [-0.2, -0.15) is 0 Å². The number of fused-ring (bicyclic) bond motifs is 1. The zero-order valence-corrected chi connectivity index (χ0v) is 20.8. The van der Waals surface area contributed by atoms with Gasteiger partial charge in [0.1, 0.15) is 17.7 Å². The number of nitrogen functional groups attached to an aromatic ring is 1. The highest BCUT2D eigenvalue weighted by Gasteiger charge is 2.19. The second kappa shape index (κ2) is 10.7. The van der Waals surface area contributed by atoms with Crippen molar-refractivity contribution in [3.05, 3.63) is 102 Å². The maximum Gasteiger partial charge on any atom is 0.335 e. The Morgan fingerprint density at radius 1 is 0.949 bits per heavy atom. The van der Waals surface area contributed by atoms with Crippen LogP contribution in [0.3, 0.4) is 0 Å². The average Bonchev–Trinajstić information content (AvgIpc) is 3.38. The number of nitrogens with zero attached hydrogens (tertiary/aromatic N) is 1. The molecule has 196 valence electrons. The predicted molar refractivity (Wildman–Crippen MR) is 148 cm³/mol. The first-order valence-corrected chi connectivity index (χ1v) is 12.2. The number of aromatic hydroxyl groups is 1. The summed E-state index contributed by atoms with van der Waals surface area (Å²) >= 11 is 0. The van der Waals surface area contributed by atoms with Crippen molar-refractivity contribution < 1.29 is 24.9 Å². The number of pyridine rings is 1. The standard InChI is InChI=1S/C30H26N4O5/c31-28-23-15-25(34-24(23)9-10-32-28)22-14-20(30(38)39)13-21(27(22)36)19-8-4-7-18(11-19)16-33-29(37)26(35)12-17-5-2-1-3-6-17/h1-11,13-15,26,34-36H,12,16H2,(H2,31,32)(H,33,37)(H,38,39)/t26-/m0/s1. The second-order valence-corrected chi connectivity index (χ2v) is 9.19. The van der Waals surface area contributed by atoms with E-state index < -0.39 is 18.0 Å². The van der Waals surface area contributed by atoms with Crippen LogP contribution >= 0.6 is 0 Å². The van der Waals surface area contributed by atoms with Crippen molar-refractivity contribution in [3.8, 4) is 28.1 Å². The molecule has 2 heterocycles. The van der Waals surface area contributed by atoms with Crippen molar-refractivity contribution in [2.24, 2.45) is 0 Å². The number of hydrogen-bond donors (Lipinski definition) is 6. The Balaban J connectivity index is 1.42. The smallest absolute Gasteiger partial charge is 0.335 e. The van der Waals surface area contributed by atoms with E-state index in [0.717, 1.165) is 5.56 Å². The average molecular weight is 523 g/mol. The molecule has 0 aliphatic carbocycles. The van der Waals surface area contributed by atoms with Crippen LogP contribution in [0.2, 0.25) is 0 Å². The summed E-state index contributed by atoms with van der Waals surface area (Å²) in [6.45, 7) is 0.138. The highest BCUT2D eigenvalue weighted by atomic mass is 16.4. The molecule has 0 aliphatic heterocycles. The van der Waals surface area contributed by atoms with E-state index in [2.05, 4.69) is 15.3 Å². The van der Waals surface area contributed by atoms with Crippen LogP contribution in [0.4, 0.5) is 5.82 Å². The summed E-state index contributed by atoms with van der Waals surface area (Å²) in [6, 6.07) is 22.5. The lowest BCUT2D eigenvalue weighted by molar-refractivity contribution is -0.129. The van der Waals surface area contributed by atoms with Crippen LogP contribution in [0.15, 0.2) is 85.1 Å². The van der Waals surface area contributed by atoms with Crippen LogP contribution in [0.1, 0.15) is 21.5 Å². The topological polar surface area (TPSA) is 162 Å². The quantitative estimate of drug-likeness (QED) is 0.179.